The third-order valence-electron chi connectivity index (χ3n) is 2.92. The molecule has 0 spiro atoms. The van der Waals surface area contributed by atoms with Crippen molar-refractivity contribution in [1.82, 2.24) is 0 Å². The molecule has 0 saturated carbocycles. The maximum absolute atomic E-state index is 10.7. The summed E-state index contributed by atoms with van der Waals surface area (Å²) < 4.78 is 10.8. The fraction of sp³-hybridized carbons (Fsp3) is 0.357. The molecule has 0 bridgehead atoms. The summed E-state index contributed by atoms with van der Waals surface area (Å²) in [4.78, 5) is 10.7. The second kappa shape index (κ2) is 5.25. The first-order valence-electron chi connectivity index (χ1n) is 5.69. The minimum absolute atomic E-state index is 0.165. The number of carbonyl (C=O) groups excluding carboxylic acids is 1. The predicted molar refractivity (Wildman–Crippen MR) is 65.3 cm³/mol. The molecule has 0 aliphatic carbocycles. The topological polar surface area (TPSA) is 35.5 Å². The van der Waals surface area contributed by atoms with E-state index in [9.17, 15) is 4.79 Å². The Morgan fingerprint density at radius 2 is 2.12 bits per heavy atom. The average molecular weight is 232 g/mol. The van der Waals surface area contributed by atoms with Gasteiger partial charge in [-0.2, -0.15) is 0 Å². The summed E-state index contributed by atoms with van der Waals surface area (Å²) in [5.74, 6) is 0.193. The molecule has 1 fully saturated rings. The minimum atomic E-state index is -0.767. The van der Waals surface area contributed by atoms with Crippen LogP contribution in [0.15, 0.2) is 36.9 Å². The molecule has 3 unspecified atom stereocenters. The van der Waals surface area contributed by atoms with Crippen molar-refractivity contribution < 1.29 is 14.3 Å². The van der Waals surface area contributed by atoms with Gasteiger partial charge in [-0.3, -0.25) is 4.79 Å². The Bertz CT molecular complexity index is 399. The van der Waals surface area contributed by atoms with Gasteiger partial charge in [-0.05, 0) is 11.1 Å². The van der Waals surface area contributed by atoms with E-state index in [2.05, 4.69) is 6.58 Å². The number of ether oxygens (including phenoxy) is 2. The van der Waals surface area contributed by atoms with Gasteiger partial charge in [-0.1, -0.05) is 43.8 Å². The van der Waals surface area contributed by atoms with E-state index in [1.165, 1.54) is 0 Å². The van der Waals surface area contributed by atoms with Crippen LogP contribution in [0.25, 0.3) is 5.57 Å². The van der Waals surface area contributed by atoms with Gasteiger partial charge in [0.05, 0.1) is 12.7 Å². The molecule has 2 rings (SSSR count). The summed E-state index contributed by atoms with van der Waals surface area (Å²) in [6.07, 6.45) is -0.255. The van der Waals surface area contributed by atoms with Gasteiger partial charge in [-0.15, -0.1) is 0 Å². The van der Waals surface area contributed by atoms with Crippen LogP contribution >= 0.6 is 0 Å². The van der Waals surface area contributed by atoms with Gasteiger partial charge in [0.1, 0.15) is 0 Å². The second-order valence-electron chi connectivity index (χ2n) is 4.26. The first-order valence-corrected chi connectivity index (χ1v) is 5.69. The standard InChI is InChI=1S/C14H16O3/c1-10-9-16-13(8-15)17-14(10)11(2)12-6-4-3-5-7-12/h3-8,10,13-14H,2,9H2,1H3. The molecule has 3 heteroatoms. The largest absolute Gasteiger partial charge is 0.346 e. The van der Waals surface area contributed by atoms with E-state index < -0.39 is 6.29 Å². The van der Waals surface area contributed by atoms with Crippen LogP contribution in [-0.4, -0.2) is 25.3 Å². The lowest BCUT2D eigenvalue weighted by Crippen LogP contribution is -2.39. The Morgan fingerprint density at radius 1 is 1.41 bits per heavy atom. The van der Waals surface area contributed by atoms with Crippen LogP contribution in [0.1, 0.15) is 12.5 Å². The molecule has 17 heavy (non-hydrogen) atoms. The van der Waals surface area contributed by atoms with Crippen molar-refractivity contribution in [3.05, 3.63) is 42.5 Å². The Morgan fingerprint density at radius 3 is 2.76 bits per heavy atom. The molecule has 1 aromatic carbocycles. The minimum Gasteiger partial charge on any atom is -0.346 e. The highest BCUT2D eigenvalue weighted by atomic mass is 16.7. The number of carbonyl (C=O) groups is 1. The molecule has 1 aliphatic rings. The monoisotopic (exact) mass is 232 g/mol. The molecule has 3 nitrogen and oxygen atoms in total. The average Bonchev–Trinajstić information content (AvgIpc) is 2.39. The van der Waals surface area contributed by atoms with Gasteiger partial charge in [0, 0.05) is 5.92 Å². The van der Waals surface area contributed by atoms with E-state index in [4.69, 9.17) is 9.47 Å². The first-order chi connectivity index (χ1) is 8.22. The molecule has 0 N–H and O–H groups in total. The molecule has 90 valence electrons. The molecule has 1 heterocycles. The van der Waals surface area contributed by atoms with Gasteiger partial charge in [0.25, 0.3) is 0 Å². The van der Waals surface area contributed by atoms with Crippen molar-refractivity contribution in [2.45, 2.75) is 19.3 Å². The van der Waals surface area contributed by atoms with Crippen molar-refractivity contribution >= 4 is 11.9 Å². The van der Waals surface area contributed by atoms with Crippen LogP contribution in [0.2, 0.25) is 0 Å². The van der Waals surface area contributed by atoms with E-state index in [1.807, 2.05) is 37.3 Å². The third-order valence-corrected chi connectivity index (χ3v) is 2.92. The third kappa shape index (κ3) is 2.62. The van der Waals surface area contributed by atoms with E-state index in [1.54, 1.807) is 0 Å². The van der Waals surface area contributed by atoms with Crippen molar-refractivity contribution in [2.75, 3.05) is 6.61 Å². The second-order valence-corrected chi connectivity index (χ2v) is 4.26. The quantitative estimate of drug-likeness (QED) is 0.750. The molecule has 0 aromatic heterocycles. The molecule has 3 atom stereocenters. The van der Waals surface area contributed by atoms with Crippen molar-refractivity contribution in [3.8, 4) is 0 Å². The highest BCUT2D eigenvalue weighted by Crippen LogP contribution is 2.28. The Balaban J connectivity index is 2.15. The molecule has 0 amide bonds. The number of rotatable bonds is 3. The van der Waals surface area contributed by atoms with Gasteiger partial charge >= 0.3 is 0 Å². The van der Waals surface area contributed by atoms with Crippen molar-refractivity contribution in [3.63, 3.8) is 0 Å². The molecule has 1 aliphatic heterocycles. The summed E-state index contributed by atoms with van der Waals surface area (Å²) in [5, 5.41) is 0. The fourth-order valence-electron chi connectivity index (χ4n) is 1.97. The number of aldehydes is 1. The Hall–Kier alpha value is -1.45. The molecular formula is C14H16O3. The van der Waals surface area contributed by atoms with E-state index in [-0.39, 0.29) is 12.0 Å². The SMILES string of the molecule is C=C(c1ccccc1)C1OC(C=O)OCC1C. The van der Waals surface area contributed by atoms with Gasteiger partial charge in [0.2, 0.25) is 6.29 Å². The molecular weight excluding hydrogens is 216 g/mol. The van der Waals surface area contributed by atoms with Crippen molar-refractivity contribution in [1.29, 1.82) is 0 Å². The summed E-state index contributed by atoms with van der Waals surface area (Å²) in [7, 11) is 0. The molecule has 0 radical (unpaired) electrons. The first kappa shape index (κ1) is 12.0. The van der Waals surface area contributed by atoms with Crippen LogP contribution in [0, 0.1) is 5.92 Å². The summed E-state index contributed by atoms with van der Waals surface area (Å²) in [6, 6.07) is 9.86. The highest BCUT2D eigenvalue weighted by Gasteiger charge is 2.31. The van der Waals surface area contributed by atoms with Crippen LogP contribution in [0.3, 0.4) is 0 Å². The van der Waals surface area contributed by atoms with Gasteiger partial charge in [-0.25, -0.2) is 0 Å². The van der Waals surface area contributed by atoms with Crippen LogP contribution in [0.4, 0.5) is 0 Å². The number of benzene rings is 1. The molecule has 1 saturated heterocycles. The van der Waals surface area contributed by atoms with E-state index in [0.717, 1.165) is 11.1 Å². The van der Waals surface area contributed by atoms with Gasteiger partial charge in [0.15, 0.2) is 6.29 Å². The van der Waals surface area contributed by atoms with Crippen LogP contribution in [0.5, 0.6) is 0 Å². The van der Waals surface area contributed by atoms with Gasteiger partial charge < -0.3 is 9.47 Å². The number of hydrogen-bond donors (Lipinski definition) is 0. The lowest BCUT2D eigenvalue weighted by Gasteiger charge is -2.33. The normalized spacial score (nSPS) is 28.6. The lowest BCUT2D eigenvalue weighted by atomic mass is 9.93. The summed E-state index contributed by atoms with van der Waals surface area (Å²) in [6.45, 7) is 6.61. The number of hydrogen-bond acceptors (Lipinski definition) is 3. The Labute approximate surface area is 101 Å². The predicted octanol–water partition coefficient (Wildman–Crippen LogP) is 2.28. The highest BCUT2D eigenvalue weighted by molar-refractivity contribution is 5.67. The summed E-state index contributed by atoms with van der Waals surface area (Å²) >= 11 is 0. The van der Waals surface area contributed by atoms with Crippen LogP contribution < -0.4 is 0 Å². The lowest BCUT2D eigenvalue weighted by molar-refractivity contribution is -0.206. The summed E-state index contributed by atoms with van der Waals surface area (Å²) in [5.41, 5.74) is 1.93. The zero-order valence-corrected chi connectivity index (χ0v) is 9.84. The van der Waals surface area contributed by atoms with Crippen molar-refractivity contribution in [2.24, 2.45) is 5.92 Å². The zero-order valence-electron chi connectivity index (χ0n) is 9.84. The molecule has 1 aromatic rings. The smallest absolute Gasteiger partial charge is 0.215 e. The van der Waals surface area contributed by atoms with E-state index in [0.29, 0.717) is 12.9 Å². The van der Waals surface area contributed by atoms with Crippen LogP contribution in [-0.2, 0) is 14.3 Å². The maximum Gasteiger partial charge on any atom is 0.215 e. The van der Waals surface area contributed by atoms with E-state index >= 15 is 0 Å². The zero-order chi connectivity index (χ0) is 12.3. The Kier molecular flexibility index (Phi) is 3.71. The fourth-order valence-corrected chi connectivity index (χ4v) is 1.97. The maximum atomic E-state index is 10.7.